The molecule has 1 saturated heterocycles. The Labute approximate surface area is 145 Å². The van der Waals surface area contributed by atoms with Crippen LogP contribution in [-0.4, -0.2) is 47.1 Å². The van der Waals surface area contributed by atoms with Gasteiger partial charge in [0, 0.05) is 30.5 Å². The third kappa shape index (κ3) is 3.46. The summed E-state index contributed by atoms with van der Waals surface area (Å²) >= 11 is 0. The third-order valence-electron chi connectivity index (χ3n) is 6.72. The number of aliphatic hydroxyl groups is 1. The number of hydrogen-bond acceptors (Lipinski definition) is 3. The highest BCUT2D eigenvalue weighted by molar-refractivity contribution is 5.89. The Morgan fingerprint density at radius 3 is 2.67 bits per heavy atom. The van der Waals surface area contributed by atoms with E-state index in [1.165, 1.54) is 12.8 Å². The van der Waals surface area contributed by atoms with Crippen LogP contribution >= 0.6 is 0 Å². The van der Waals surface area contributed by atoms with E-state index >= 15 is 0 Å². The van der Waals surface area contributed by atoms with Gasteiger partial charge in [-0.3, -0.25) is 9.59 Å². The Hall–Kier alpha value is -1.10. The fourth-order valence-corrected chi connectivity index (χ4v) is 4.77. The van der Waals surface area contributed by atoms with Crippen LogP contribution in [-0.2, 0) is 9.59 Å². The number of likely N-dealkylation sites (tertiary alicyclic amines) is 1. The summed E-state index contributed by atoms with van der Waals surface area (Å²) in [6.07, 6.45) is 7.78. The van der Waals surface area contributed by atoms with E-state index in [4.69, 9.17) is 0 Å². The Balaban J connectivity index is 1.56. The predicted molar refractivity (Wildman–Crippen MR) is 92.2 cm³/mol. The minimum absolute atomic E-state index is 0.00148. The molecule has 5 nitrogen and oxygen atoms in total. The summed E-state index contributed by atoms with van der Waals surface area (Å²) in [6, 6.07) is 0.371. The van der Waals surface area contributed by atoms with E-state index in [9.17, 15) is 14.7 Å². The molecule has 3 fully saturated rings. The van der Waals surface area contributed by atoms with Crippen LogP contribution < -0.4 is 5.32 Å². The number of carbonyl (C=O) groups is 2. The average Bonchev–Trinajstić information content (AvgIpc) is 3.12. The van der Waals surface area contributed by atoms with Crippen LogP contribution in [0.1, 0.15) is 65.2 Å². The lowest BCUT2D eigenvalue weighted by Crippen LogP contribution is -2.47. The molecule has 0 bridgehead atoms. The minimum atomic E-state index is -0.222. The summed E-state index contributed by atoms with van der Waals surface area (Å²) in [5, 5.41) is 12.8. The van der Waals surface area contributed by atoms with Crippen molar-refractivity contribution in [2.75, 3.05) is 13.2 Å². The standard InChI is InChI=1S/C19H32N2O3/c1-13-5-7-15(8-6-13)21-11-14(10-17(21)23)18(24)20-16-4-3-9-19(16,2)12-22/h13-16,22H,3-12H2,1-2H3,(H,20,24)/t13?,14-,15?,16-,19-/m1/s1. The minimum Gasteiger partial charge on any atom is -0.396 e. The highest BCUT2D eigenvalue weighted by atomic mass is 16.3. The molecule has 5 heteroatoms. The van der Waals surface area contributed by atoms with Gasteiger partial charge >= 0.3 is 0 Å². The Morgan fingerprint density at radius 1 is 1.29 bits per heavy atom. The van der Waals surface area contributed by atoms with Gasteiger partial charge in [-0.2, -0.15) is 0 Å². The maximum atomic E-state index is 12.7. The molecule has 2 saturated carbocycles. The van der Waals surface area contributed by atoms with Crippen LogP contribution in [0.2, 0.25) is 0 Å². The zero-order valence-corrected chi connectivity index (χ0v) is 15.1. The number of rotatable bonds is 4. The van der Waals surface area contributed by atoms with Gasteiger partial charge in [0.1, 0.15) is 0 Å². The van der Waals surface area contributed by atoms with Crippen LogP contribution in [0, 0.1) is 17.3 Å². The lowest BCUT2D eigenvalue weighted by atomic mass is 9.85. The van der Waals surface area contributed by atoms with Crippen LogP contribution in [0.15, 0.2) is 0 Å². The molecule has 24 heavy (non-hydrogen) atoms. The number of aliphatic hydroxyl groups excluding tert-OH is 1. The van der Waals surface area contributed by atoms with Crippen molar-refractivity contribution in [3.63, 3.8) is 0 Å². The second kappa shape index (κ2) is 7.03. The highest BCUT2D eigenvalue weighted by Gasteiger charge is 2.43. The Kier molecular flexibility index (Phi) is 5.19. The van der Waals surface area contributed by atoms with Crippen LogP contribution in [0.25, 0.3) is 0 Å². The maximum absolute atomic E-state index is 12.7. The molecule has 0 radical (unpaired) electrons. The molecule has 0 aromatic carbocycles. The van der Waals surface area contributed by atoms with Crippen molar-refractivity contribution in [1.29, 1.82) is 0 Å². The van der Waals surface area contributed by atoms with Crippen molar-refractivity contribution in [3.05, 3.63) is 0 Å². The van der Waals surface area contributed by atoms with Gasteiger partial charge in [-0.25, -0.2) is 0 Å². The Morgan fingerprint density at radius 2 is 2.00 bits per heavy atom. The molecule has 136 valence electrons. The first-order valence-electron chi connectivity index (χ1n) is 9.63. The van der Waals surface area contributed by atoms with Crippen molar-refractivity contribution in [1.82, 2.24) is 10.2 Å². The molecule has 3 atom stereocenters. The summed E-state index contributed by atoms with van der Waals surface area (Å²) in [7, 11) is 0. The molecule has 3 rings (SSSR count). The van der Waals surface area contributed by atoms with Gasteiger partial charge in [-0.1, -0.05) is 20.3 Å². The normalized spacial score (nSPS) is 40.1. The summed E-state index contributed by atoms with van der Waals surface area (Å²) < 4.78 is 0. The van der Waals surface area contributed by atoms with Gasteiger partial charge in [-0.15, -0.1) is 0 Å². The summed E-state index contributed by atoms with van der Waals surface area (Å²) in [5.41, 5.74) is -0.211. The van der Waals surface area contributed by atoms with E-state index in [0.717, 1.165) is 38.0 Å². The molecule has 3 aliphatic rings. The second-order valence-electron chi connectivity index (χ2n) is 8.63. The molecule has 1 aliphatic heterocycles. The van der Waals surface area contributed by atoms with Crippen LogP contribution in [0.3, 0.4) is 0 Å². The SMILES string of the molecule is CC1CCC(N2C[C@H](C(=O)N[C@@H]3CCC[C@]3(C)CO)CC2=O)CC1. The van der Waals surface area contributed by atoms with E-state index in [0.29, 0.717) is 19.0 Å². The smallest absolute Gasteiger partial charge is 0.225 e. The Bertz CT molecular complexity index is 487. The summed E-state index contributed by atoms with van der Waals surface area (Å²) in [6.45, 7) is 5.00. The van der Waals surface area contributed by atoms with Gasteiger partial charge in [0.15, 0.2) is 0 Å². The van der Waals surface area contributed by atoms with Gasteiger partial charge in [0.25, 0.3) is 0 Å². The molecule has 0 unspecified atom stereocenters. The number of carbonyl (C=O) groups excluding carboxylic acids is 2. The largest absolute Gasteiger partial charge is 0.396 e. The monoisotopic (exact) mass is 336 g/mol. The van der Waals surface area contributed by atoms with E-state index in [-0.39, 0.29) is 35.8 Å². The van der Waals surface area contributed by atoms with E-state index in [1.807, 2.05) is 11.8 Å². The molecule has 2 N–H and O–H groups in total. The first-order chi connectivity index (χ1) is 11.4. The lowest BCUT2D eigenvalue weighted by Gasteiger charge is -2.34. The molecular weight excluding hydrogens is 304 g/mol. The zero-order chi connectivity index (χ0) is 17.3. The van der Waals surface area contributed by atoms with Crippen molar-refractivity contribution >= 4 is 11.8 Å². The van der Waals surface area contributed by atoms with Crippen molar-refractivity contribution in [3.8, 4) is 0 Å². The molecule has 0 spiro atoms. The van der Waals surface area contributed by atoms with Gasteiger partial charge in [0.2, 0.25) is 11.8 Å². The van der Waals surface area contributed by atoms with Crippen molar-refractivity contribution in [2.45, 2.75) is 77.3 Å². The number of nitrogens with zero attached hydrogens (tertiary/aromatic N) is 1. The molecule has 0 aromatic rings. The fourth-order valence-electron chi connectivity index (χ4n) is 4.77. The number of amides is 2. The van der Waals surface area contributed by atoms with Crippen LogP contribution in [0.4, 0.5) is 0 Å². The number of hydrogen-bond donors (Lipinski definition) is 2. The highest BCUT2D eigenvalue weighted by Crippen LogP contribution is 2.38. The zero-order valence-electron chi connectivity index (χ0n) is 15.1. The number of nitrogens with one attached hydrogen (secondary N) is 1. The van der Waals surface area contributed by atoms with Gasteiger partial charge in [0.05, 0.1) is 12.5 Å². The average molecular weight is 336 g/mol. The van der Waals surface area contributed by atoms with Crippen molar-refractivity contribution in [2.24, 2.45) is 17.3 Å². The molecule has 1 heterocycles. The van der Waals surface area contributed by atoms with E-state index in [2.05, 4.69) is 12.2 Å². The van der Waals surface area contributed by atoms with E-state index < -0.39 is 0 Å². The lowest BCUT2D eigenvalue weighted by molar-refractivity contribution is -0.131. The molecule has 2 aliphatic carbocycles. The molecule has 0 aromatic heterocycles. The quantitative estimate of drug-likeness (QED) is 0.826. The second-order valence-corrected chi connectivity index (χ2v) is 8.63. The van der Waals surface area contributed by atoms with E-state index in [1.54, 1.807) is 0 Å². The predicted octanol–water partition coefficient (Wildman–Crippen LogP) is 2.08. The maximum Gasteiger partial charge on any atom is 0.225 e. The molecular formula is C19H32N2O3. The summed E-state index contributed by atoms with van der Waals surface area (Å²) in [5.74, 6) is 0.685. The summed E-state index contributed by atoms with van der Waals surface area (Å²) in [4.78, 5) is 27.0. The first kappa shape index (κ1) is 17.7. The topological polar surface area (TPSA) is 69.6 Å². The van der Waals surface area contributed by atoms with Crippen molar-refractivity contribution < 1.29 is 14.7 Å². The fraction of sp³-hybridized carbons (Fsp3) is 0.895. The van der Waals surface area contributed by atoms with Gasteiger partial charge < -0.3 is 15.3 Å². The van der Waals surface area contributed by atoms with Gasteiger partial charge in [-0.05, 0) is 44.4 Å². The third-order valence-corrected chi connectivity index (χ3v) is 6.72. The van der Waals surface area contributed by atoms with Crippen LogP contribution in [0.5, 0.6) is 0 Å². The molecule has 2 amide bonds. The first-order valence-corrected chi connectivity index (χ1v) is 9.63.